The van der Waals surface area contributed by atoms with Gasteiger partial charge in [-0.2, -0.15) is 11.8 Å². The number of carbonyl (C=O) groups excluding carboxylic acids is 1. The van der Waals surface area contributed by atoms with E-state index in [1.54, 1.807) is 0 Å². The van der Waals surface area contributed by atoms with Crippen molar-refractivity contribution < 1.29 is 4.79 Å². The summed E-state index contributed by atoms with van der Waals surface area (Å²) in [7, 11) is 0. The maximum Gasteiger partial charge on any atom is 0.239 e. The zero-order chi connectivity index (χ0) is 11.8. The molecule has 1 atom stereocenters. The molecule has 0 spiro atoms. The van der Waals surface area contributed by atoms with Crippen LogP contribution < -0.4 is 5.32 Å². The van der Waals surface area contributed by atoms with E-state index in [0.717, 1.165) is 44.0 Å². The molecule has 0 saturated carbocycles. The number of carbonyl (C=O) groups is 1. The molecule has 1 aliphatic rings. The van der Waals surface area contributed by atoms with Crippen LogP contribution in [0.15, 0.2) is 12.7 Å². The average Bonchev–Trinajstić information content (AvgIpc) is 2.29. The van der Waals surface area contributed by atoms with Crippen LogP contribution in [0.25, 0.3) is 0 Å². The lowest BCUT2D eigenvalue weighted by Crippen LogP contribution is -2.51. The lowest BCUT2D eigenvalue weighted by molar-refractivity contribution is -0.135. The number of rotatable bonds is 7. The van der Waals surface area contributed by atoms with Gasteiger partial charge in [0.2, 0.25) is 5.91 Å². The molecule has 1 saturated heterocycles. The van der Waals surface area contributed by atoms with Crippen molar-refractivity contribution >= 4 is 17.7 Å². The van der Waals surface area contributed by atoms with Crippen molar-refractivity contribution in [3.63, 3.8) is 0 Å². The Labute approximate surface area is 103 Å². The minimum atomic E-state index is 0.0585. The van der Waals surface area contributed by atoms with Crippen LogP contribution in [0.5, 0.6) is 0 Å². The smallest absolute Gasteiger partial charge is 0.239 e. The van der Waals surface area contributed by atoms with Gasteiger partial charge in [0.25, 0.3) is 0 Å². The minimum Gasteiger partial charge on any atom is -0.341 e. The summed E-state index contributed by atoms with van der Waals surface area (Å²) in [5.41, 5.74) is 0. The van der Waals surface area contributed by atoms with E-state index >= 15 is 0 Å². The van der Waals surface area contributed by atoms with Crippen LogP contribution in [0.1, 0.15) is 19.8 Å². The third-order valence-electron chi connectivity index (χ3n) is 2.72. The fourth-order valence-corrected chi connectivity index (χ4v) is 2.62. The van der Waals surface area contributed by atoms with Crippen molar-refractivity contribution in [3.05, 3.63) is 12.7 Å². The molecule has 0 aromatic heterocycles. The highest BCUT2D eigenvalue weighted by molar-refractivity contribution is 7.99. The fourth-order valence-electron chi connectivity index (χ4n) is 1.94. The molecule has 1 N–H and O–H groups in total. The molecule has 0 radical (unpaired) electrons. The minimum absolute atomic E-state index is 0.0585. The lowest BCUT2D eigenvalue weighted by Gasteiger charge is -2.32. The number of nitrogens with zero attached hydrogens (tertiary/aromatic N) is 1. The molecule has 1 rings (SSSR count). The van der Waals surface area contributed by atoms with Crippen LogP contribution in [-0.2, 0) is 4.79 Å². The van der Waals surface area contributed by atoms with Crippen molar-refractivity contribution in [1.82, 2.24) is 10.2 Å². The topological polar surface area (TPSA) is 32.3 Å². The van der Waals surface area contributed by atoms with Crippen molar-refractivity contribution in [1.29, 1.82) is 0 Å². The first-order valence-corrected chi connectivity index (χ1v) is 7.15. The Balaban J connectivity index is 2.29. The Morgan fingerprint density at radius 2 is 2.50 bits per heavy atom. The van der Waals surface area contributed by atoms with E-state index in [1.807, 2.05) is 29.7 Å². The van der Waals surface area contributed by atoms with E-state index in [9.17, 15) is 4.79 Å². The Bertz CT molecular complexity index is 231. The number of piperidine rings is 1. The highest BCUT2D eigenvalue weighted by atomic mass is 32.2. The van der Waals surface area contributed by atoms with Crippen molar-refractivity contribution in [2.45, 2.75) is 25.8 Å². The van der Waals surface area contributed by atoms with E-state index in [1.165, 1.54) is 0 Å². The summed E-state index contributed by atoms with van der Waals surface area (Å²) >= 11 is 1.83. The SMILES string of the molecule is C=CCSCCN1CCCC(NCC)C1=O. The molecular weight excluding hydrogens is 220 g/mol. The molecule has 0 aromatic carbocycles. The van der Waals surface area contributed by atoms with Crippen LogP contribution in [0.3, 0.4) is 0 Å². The molecule has 0 aromatic rings. The van der Waals surface area contributed by atoms with E-state index in [0.29, 0.717) is 0 Å². The maximum atomic E-state index is 12.0. The third kappa shape index (κ3) is 4.18. The summed E-state index contributed by atoms with van der Waals surface area (Å²) in [6, 6.07) is 0.0585. The van der Waals surface area contributed by atoms with Crippen LogP contribution in [0, 0.1) is 0 Å². The first kappa shape index (κ1) is 13.6. The van der Waals surface area contributed by atoms with Gasteiger partial charge in [-0.3, -0.25) is 4.79 Å². The summed E-state index contributed by atoms with van der Waals surface area (Å²) in [5, 5.41) is 3.25. The first-order chi connectivity index (χ1) is 7.79. The van der Waals surface area contributed by atoms with E-state index in [2.05, 4.69) is 11.9 Å². The molecule has 1 fully saturated rings. The monoisotopic (exact) mass is 242 g/mol. The quantitative estimate of drug-likeness (QED) is 0.542. The normalized spacial score (nSPS) is 21.2. The van der Waals surface area contributed by atoms with E-state index in [4.69, 9.17) is 0 Å². The second-order valence-corrected chi connectivity index (χ2v) is 5.09. The van der Waals surface area contributed by atoms with Crippen molar-refractivity contribution in [2.75, 3.05) is 31.1 Å². The Hall–Kier alpha value is -0.480. The molecule has 1 aliphatic heterocycles. The molecular formula is C12H22N2OS. The van der Waals surface area contributed by atoms with Crippen LogP contribution >= 0.6 is 11.8 Å². The van der Waals surface area contributed by atoms with Crippen LogP contribution in [0.4, 0.5) is 0 Å². The fraction of sp³-hybridized carbons (Fsp3) is 0.750. The van der Waals surface area contributed by atoms with E-state index < -0.39 is 0 Å². The van der Waals surface area contributed by atoms with Gasteiger partial charge in [0.1, 0.15) is 0 Å². The zero-order valence-electron chi connectivity index (χ0n) is 10.1. The van der Waals surface area contributed by atoms with E-state index in [-0.39, 0.29) is 11.9 Å². The van der Waals surface area contributed by atoms with Crippen LogP contribution in [0.2, 0.25) is 0 Å². The Morgan fingerprint density at radius 1 is 1.69 bits per heavy atom. The largest absolute Gasteiger partial charge is 0.341 e. The van der Waals surface area contributed by atoms with Gasteiger partial charge in [-0.1, -0.05) is 13.0 Å². The van der Waals surface area contributed by atoms with Gasteiger partial charge in [-0.05, 0) is 19.4 Å². The van der Waals surface area contributed by atoms with Crippen LogP contribution in [-0.4, -0.2) is 48.0 Å². The summed E-state index contributed by atoms with van der Waals surface area (Å²) in [4.78, 5) is 14.0. The second-order valence-electron chi connectivity index (χ2n) is 3.94. The summed E-state index contributed by atoms with van der Waals surface area (Å²) in [5.74, 6) is 2.27. The van der Waals surface area contributed by atoms with Gasteiger partial charge in [0, 0.05) is 24.6 Å². The standard InChI is InChI=1S/C12H22N2OS/c1-3-9-16-10-8-14-7-5-6-11(12(14)15)13-4-2/h3,11,13H,1,4-10H2,2H3. The van der Waals surface area contributed by atoms with Crippen molar-refractivity contribution in [3.8, 4) is 0 Å². The third-order valence-corrected chi connectivity index (χ3v) is 3.67. The van der Waals surface area contributed by atoms with Gasteiger partial charge in [-0.15, -0.1) is 6.58 Å². The molecule has 1 heterocycles. The van der Waals surface area contributed by atoms with Gasteiger partial charge in [0.05, 0.1) is 6.04 Å². The predicted octanol–water partition coefficient (Wildman–Crippen LogP) is 1.51. The number of amides is 1. The molecule has 1 unspecified atom stereocenters. The molecule has 92 valence electrons. The number of hydrogen-bond acceptors (Lipinski definition) is 3. The Morgan fingerprint density at radius 3 is 3.19 bits per heavy atom. The number of thioether (sulfide) groups is 1. The molecule has 4 heteroatoms. The van der Waals surface area contributed by atoms with Gasteiger partial charge in [0.15, 0.2) is 0 Å². The number of likely N-dealkylation sites (tertiary alicyclic amines) is 1. The molecule has 3 nitrogen and oxygen atoms in total. The summed E-state index contributed by atoms with van der Waals surface area (Å²) in [6.45, 7) is 8.40. The average molecular weight is 242 g/mol. The number of likely N-dealkylation sites (N-methyl/N-ethyl adjacent to an activating group) is 1. The maximum absolute atomic E-state index is 12.0. The highest BCUT2D eigenvalue weighted by Crippen LogP contribution is 2.12. The summed E-state index contributed by atoms with van der Waals surface area (Å²) in [6.07, 6.45) is 4.02. The molecule has 0 bridgehead atoms. The Kier molecular flexibility index (Phi) is 6.57. The molecule has 0 aliphatic carbocycles. The highest BCUT2D eigenvalue weighted by Gasteiger charge is 2.27. The summed E-state index contributed by atoms with van der Waals surface area (Å²) < 4.78 is 0. The zero-order valence-corrected chi connectivity index (χ0v) is 10.9. The van der Waals surface area contributed by atoms with Gasteiger partial charge >= 0.3 is 0 Å². The van der Waals surface area contributed by atoms with Gasteiger partial charge < -0.3 is 10.2 Å². The van der Waals surface area contributed by atoms with Crippen molar-refractivity contribution in [2.24, 2.45) is 0 Å². The molecule has 1 amide bonds. The molecule has 16 heavy (non-hydrogen) atoms. The number of hydrogen-bond donors (Lipinski definition) is 1. The number of nitrogens with one attached hydrogen (secondary N) is 1. The second kappa shape index (κ2) is 7.74. The van der Waals surface area contributed by atoms with Gasteiger partial charge in [-0.25, -0.2) is 0 Å². The first-order valence-electron chi connectivity index (χ1n) is 6.00. The predicted molar refractivity (Wildman–Crippen MR) is 70.8 cm³/mol. The lowest BCUT2D eigenvalue weighted by atomic mass is 10.1.